The molecule has 148 valence electrons. The quantitative estimate of drug-likeness (QED) is 0.668. The maximum Gasteiger partial charge on any atom is 0.250 e. The minimum atomic E-state index is -0.644. The summed E-state index contributed by atoms with van der Waals surface area (Å²) >= 11 is 5.70. The molecular formula is C21H26N4O2S. The number of aromatic amines is 1. The summed E-state index contributed by atoms with van der Waals surface area (Å²) in [6, 6.07) is 1.23. The molecule has 3 rings (SSSR count). The lowest BCUT2D eigenvalue weighted by Gasteiger charge is -2.29. The van der Waals surface area contributed by atoms with E-state index >= 15 is 0 Å². The number of carbonyl (C=O) groups excluding carboxylic acids is 1. The molecular weight excluding hydrogens is 372 g/mol. The van der Waals surface area contributed by atoms with Gasteiger partial charge in [-0.05, 0) is 30.6 Å². The lowest BCUT2D eigenvalue weighted by Crippen LogP contribution is -2.39. The molecule has 0 aromatic carbocycles. The van der Waals surface area contributed by atoms with Crippen molar-refractivity contribution in [1.82, 2.24) is 19.7 Å². The molecule has 2 N–H and O–H groups in total. The van der Waals surface area contributed by atoms with Crippen molar-refractivity contribution < 1.29 is 9.90 Å². The van der Waals surface area contributed by atoms with Gasteiger partial charge < -0.3 is 14.6 Å². The Balaban J connectivity index is 2.15. The molecule has 1 aliphatic rings. The zero-order valence-corrected chi connectivity index (χ0v) is 17.1. The molecule has 1 unspecified atom stereocenters. The molecule has 0 saturated heterocycles. The van der Waals surface area contributed by atoms with Gasteiger partial charge >= 0.3 is 0 Å². The number of H-pyrrole nitrogens is 1. The van der Waals surface area contributed by atoms with Crippen LogP contribution in [0.4, 0.5) is 0 Å². The molecule has 2 aromatic rings. The molecule has 28 heavy (non-hydrogen) atoms. The molecule has 1 aliphatic carbocycles. The van der Waals surface area contributed by atoms with Crippen molar-refractivity contribution in [2.45, 2.75) is 39.2 Å². The van der Waals surface area contributed by atoms with Crippen LogP contribution in [0.5, 0.6) is 0 Å². The zero-order valence-electron chi connectivity index (χ0n) is 16.3. The Kier molecular flexibility index (Phi) is 6.46. The van der Waals surface area contributed by atoms with E-state index in [1.54, 1.807) is 12.3 Å². The van der Waals surface area contributed by atoms with Gasteiger partial charge in [-0.25, -0.2) is 0 Å². The van der Waals surface area contributed by atoms with E-state index in [-0.39, 0.29) is 11.7 Å². The number of fused-ring (bicyclic) bond motifs is 1. The number of pyridine rings is 1. The van der Waals surface area contributed by atoms with Crippen molar-refractivity contribution >= 4 is 29.0 Å². The van der Waals surface area contributed by atoms with Gasteiger partial charge in [-0.15, -0.1) is 0 Å². The molecule has 0 fully saturated rings. The van der Waals surface area contributed by atoms with Gasteiger partial charge in [0.05, 0.1) is 22.9 Å². The largest absolute Gasteiger partial charge is 0.512 e. The summed E-state index contributed by atoms with van der Waals surface area (Å²) in [5.74, 6) is 0.208. The third kappa shape index (κ3) is 4.09. The number of aliphatic hydroxyl groups is 1. The lowest BCUT2D eigenvalue weighted by atomic mass is 10.0. The van der Waals surface area contributed by atoms with Crippen LogP contribution in [-0.2, 0) is 4.79 Å². The second kappa shape index (κ2) is 9.01. The number of amides is 1. The maximum absolute atomic E-state index is 13.6. The van der Waals surface area contributed by atoms with Crippen molar-refractivity contribution in [3.05, 3.63) is 58.7 Å². The molecule has 6 nitrogen and oxygen atoms in total. The minimum Gasteiger partial charge on any atom is -0.512 e. The van der Waals surface area contributed by atoms with E-state index in [0.717, 1.165) is 23.7 Å². The number of allylic oxidation sites excluding steroid dienone is 4. The lowest BCUT2D eigenvalue weighted by molar-refractivity contribution is -0.133. The second-order valence-electron chi connectivity index (χ2n) is 6.89. The number of nitrogens with one attached hydrogen (secondary N) is 1. The first-order valence-electron chi connectivity index (χ1n) is 9.66. The van der Waals surface area contributed by atoms with Gasteiger partial charge in [-0.1, -0.05) is 44.3 Å². The second-order valence-corrected chi connectivity index (χ2v) is 7.27. The van der Waals surface area contributed by atoms with Gasteiger partial charge in [0.2, 0.25) is 5.91 Å². The van der Waals surface area contributed by atoms with Crippen molar-refractivity contribution in [2.75, 3.05) is 13.1 Å². The van der Waals surface area contributed by atoms with Crippen LogP contribution in [0.1, 0.15) is 39.2 Å². The summed E-state index contributed by atoms with van der Waals surface area (Å²) in [7, 11) is 0. The summed E-state index contributed by atoms with van der Waals surface area (Å²) < 4.78 is 2.35. The van der Waals surface area contributed by atoms with Gasteiger partial charge in [-0.3, -0.25) is 9.89 Å². The Morgan fingerprint density at radius 2 is 2.14 bits per heavy atom. The van der Waals surface area contributed by atoms with Crippen LogP contribution in [-0.4, -0.2) is 43.8 Å². The Labute approximate surface area is 169 Å². The molecule has 1 atom stereocenters. The normalized spacial score (nSPS) is 15.1. The summed E-state index contributed by atoms with van der Waals surface area (Å²) in [6.07, 6.45) is 13.0. The molecule has 0 spiro atoms. The monoisotopic (exact) mass is 398 g/mol. The summed E-state index contributed by atoms with van der Waals surface area (Å²) in [5, 5.41) is 18.0. The van der Waals surface area contributed by atoms with Crippen molar-refractivity contribution in [3.63, 3.8) is 0 Å². The number of rotatable bonds is 7. The highest BCUT2D eigenvalue weighted by atomic mass is 32.1. The Morgan fingerprint density at radius 1 is 1.39 bits per heavy atom. The molecule has 2 aromatic heterocycles. The molecule has 0 saturated carbocycles. The number of carbonyl (C=O) groups is 1. The summed E-state index contributed by atoms with van der Waals surface area (Å²) in [4.78, 5) is 15.5. The number of aromatic nitrogens is 3. The van der Waals surface area contributed by atoms with Crippen molar-refractivity contribution in [2.24, 2.45) is 0 Å². The maximum atomic E-state index is 13.6. The molecule has 0 bridgehead atoms. The van der Waals surface area contributed by atoms with Crippen LogP contribution >= 0.6 is 12.2 Å². The van der Waals surface area contributed by atoms with Gasteiger partial charge in [0.15, 0.2) is 0 Å². The van der Waals surface area contributed by atoms with Gasteiger partial charge in [-0.2, -0.15) is 5.10 Å². The average Bonchev–Trinajstić information content (AvgIpc) is 3.06. The third-order valence-corrected chi connectivity index (χ3v) is 5.18. The summed E-state index contributed by atoms with van der Waals surface area (Å²) in [6.45, 7) is 5.49. The van der Waals surface area contributed by atoms with Crippen LogP contribution < -0.4 is 0 Å². The van der Waals surface area contributed by atoms with Crippen LogP contribution in [0, 0.1) is 4.64 Å². The number of nitrogens with zero attached hydrogens (tertiary/aromatic N) is 3. The topological polar surface area (TPSA) is 74.2 Å². The standard InChI is InChI=1S/C21H26N4O2S/c1-3-10-24(11-4-2)20(27)19(15-7-5-6-8-16(26)13-15)25-12-9-18-17(21(25)28)14-22-23-18/h5-7,9,12-14,19,26H,3-4,8,10-11H2,1-2H3,(H,22,23). The minimum absolute atomic E-state index is 0.0201. The summed E-state index contributed by atoms with van der Waals surface area (Å²) in [5.41, 5.74) is 1.55. The van der Waals surface area contributed by atoms with Gasteiger partial charge in [0.1, 0.15) is 10.7 Å². The third-order valence-electron chi connectivity index (χ3n) is 4.75. The van der Waals surface area contributed by atoms with E-state index in [2.05, 4.69) is 24.0 Å². The van der Waals surface area contributed by atoms with Gasteiger partial charge in [0, 0.05) is 25.7 Å². The predicted octanol–water partition coefficient (Wildman–Crippen LogP) is 4.61. The zero-order chi connectivity index (χ0) is 20.1. The van der Waals surface area contributed by atoms with Crippen LogP contribution in [0.15, 0.2) is 54.1 Å². The van der Waals surface area contributed by atoms with Crippen molar-refractivity contribution in [1.29, 1.82) is 0 Å². The van der Waals surface area contributed by atoms with E-state index in [1.165, 1.54) is 0 Å². The Bertz CT molecular complexity index is 993. The van der Waals surface area contributed by atoms with Crippen LogP contribution in [0.3, 0.4) is 0 Å². The molecule has 0 radical (unpaired) electrons. The van der Waals surface area contributed by atoms with Gasteiger partial charge in [0.25, 0.3) is 0 Å². The number of hydrogen-bond acceptors (Lipinski definition) is 4. The SMILES string of the molecule is CCCN(CCC)C(=O)C(C1=CC=CCC(O)=C1)n1ccc2[nH]ncc2c1=S. The average molecular weight is 399 g/mol. The fourth-order valence-corrected chi connectivity index (χ4v) is 3.79. The molecule has 2 heterocycles. The van der Waals surface area contributed by atoms with Crippen molar-refractivity contribution in [3.8, 4) is 0 Å². The van der Waals surface area contributed by atoms with Crippen LogP contribution in [0.25, 0.3) is 10.9 Å². The van der Waals surface area contributed by atoms with Crippen LogP contribution in [0.2, 0.25) is 0 Å². The van der Waals surface area contributed by atoms with E-state index in [4.69, 9.17) is 12.2 Å². The highest BCUT2D eigenvalue weighted by molar-refractivity contribution is 7.71. The van der Waals surface area contributed by atoms with E-state index in [1.807, 2.05) is 40.0 Å². The fraction of sp³-hybridized carbons (Fsp3) is 0.381. The fourth-order valence-electron chi connectivity index (χ4n) is 3.46. The Morgan fingerprint density at radius 3 is 2.86 bits per heavy atom. The van der Waals surface area contributed by atoms with E-state index < -0.39 is 6.04 Å². The predicted molar refractivity (Wildman–Crippen MR) is 114 cm³/mol. The highest BCUT2D eigenvalue weighted by Crippen LogP contribution is 2.28. The number of hydrogen-bond donors (Lipinski definition) is 2. The smallest absolute Gasteiger partial charge is 0.250 e. The first kappa shape index (κ1) is 20.1. The molecule has 0 aliphatic heterocycles. The first-order valence-corrected chi connectivity index (χ1v) is 10.1. The number of aliphatic hydroxyl groups excluding tert-OH is 1. The molecule has 7 heteroatoms. The molecule has 1 amide bonds. The highest BCUT2D eigenvalue weighted by Gasteiger charge is 2.29. The first-order chi connectivity index (χ1) is 13.6. The van der Waals surface area contributed by atoms with E-state index in [0.29, 0.717) is 29.7 Å². The Hall–Kier alpha value is -2.67. The van der Waals surface area contributed by atoms with E-state index in [9.17, 15) is 9.90 Å².